The van der Waals surface area contributed by atoms with Gasteiger partial charge >= 0.3 is 0 Å². The van der Waals surface area contributed by atoms with Gasteiger partial charge < -0.3 is 9.64 Å². The minimum Gasteiger partial charge on any atom is -0.476 e. The Kier molecular flexibility index (Phi) is 4.56. The van der Waals surface area contributed by atoms with Gasteiger partial charge in [-0.1, -0.05) is 0 Å². The third-order valence-electron chi connectivity index (χ3n) is 6.06. The Morgan fingerprint density at radius 3 is 2.66 bits per heavy atom. The van der Waals surface area contributed by atoms with Crippen molar-refractivity contribution in [3.8, 4) is 5.88 Å². The summed E-state index contributed by atoms with van der Waals surface area (Å²) in [5, 5.41) is 4.54. The molecule has 0 radical (unpaired) electrons. The molecule has 2 fully saturated rings. The summed E-state index contributed by atoms with van der Waals surface area (Å²) < 4.78 is 22.6. The van der Waals surface area contributed by atoms with Gasteiger partial charge in [-0.2, -0.15) is 0 Å². The zero-order valence-electron chi connectivity index (χ0n) is 16.8. The number of hydrogen-bond donors (Lipinski definition) is 0. The van der Waals surface area contributed by atoms with Crippen LogP contribution >= 0.6 is 0 Å². The first-order valence-electron chi connectivity index (χ1n) is 10.3. The lowest BCUT2D eigenvalue weighted by molar-refractivity contribution is 0.213. The highest BCUT2D eigenvalue weighted by Gasteiger charge is 2.31. The molecule has 0 amide bonds. The van der Waals surface area contributed by atoms with Crippen LogP contribution in [0.25, 0.3) is 5.65 Å². The minimum absolute atomic E-state index is 0.229. The standard InChI is InChI=1S/C21H25FN6O/c1-13-14(2)28-17(25-13)5-6-18(26-28)29-11-15-7-9-27(10-8-15)21-19(22)20(16-3-4-16)23-12-24-21/h5-6,12,15-16H,3-4,7-11H2,1-2H3. The Bertz CT molecular complexity index is 1040. The first kappa shape index (κ1) is 18.3. The highest BCUT2D eigenvalue weighted by Crippen LogP contribution is 2.41. The van der Waals surface area contributed by atoms with Gasteiger partial charge in [-0.15, -0.1) is 5.10 Å². The molecule has 7 nitrogen and oxygen atoms in total. The number of imidazole rings is 1. The first-order valence-corrected chi connectivity index (χ1v) is 10.3. The van der Waals surface area contributed by atoms with Crippen LogP contribution in [0.3, 0.4) is 0 Å². The summed E-state index contributed by atoms with van der Waals surface area (Å²) in [4.78, 5) is 14.9. The van der Waals surface area contributed by atoms with Crippen molar-refractivity contribution in [3.63, 3.8) is 0 Å². The maximum Gasteiger partial charge on any atom is 0.231 e. The van der Waals surface area contributed by atoms with Crippen molar-refractivity contribution >= 4 is 11.5 Å². The van der Waals surface area contributed by atoms with Gasteiger partial charge in [0.2, 0.25) is 5.88 Å². The van der Waals surface area contributed by atoms with E-state index in [1.165, 1.54) is 6.33 Å². The number of rotatable bonds is 5. The summed E-state index contributed by atoms with van der Waals surface area (Å²) in [6.07, 6.45) is 5.44. The molecule has 8 heteroatoms. The quantitative estimate of drug-likeness (QED) is 0.658. The largest absolute Gasteiger partial charge is 0.476 e. The van der Waals surface area contributed by atoms with Gasteiger partial charge in [0.25, 0.3) is 0 Å². The summed E-state index contributed by atoms with van der Waals surface area (Å²) >= 11 is 0. The number of piperidine rings is 1. The van der Waals surface area contributed by atoms with Crippen LogP contribution in [-0.2, 0) is 0 Å². The normalized spacial score (nSPS) is 17.8. The molecule has 0 aromatic carbocycles. The number of nitrogens with zero attached hydrogens (tertiary/aromatic N) is 6. The van der Waals surface area contributed by atoms with E-state index in [2.05, 4.69) is 20.1 Å². The number of hydrogen-bond acceptors (Lipinski definition) is 6. The van der Waals surface area contributed by atoms with Crippen LogP contribution in [0.5, 0.6) is 5.88 Å². The number of anilines is 1. The summed E-state index contributed by atoms with van der Waals surface area (Å²) in [6.45, 7) is 6.14. The maximum absolute atomic E-state index is 14.8. The van der Waals surface area contributed by atoms with Gasteiger partial charge in [-0.05, 0) is 51.5 Å². The molecule has 1 saturated carbocycles. The molecule has 0 N–H and O–H groups in total. The minimum atomic E-state index is -0.229. The number of halogens is 1. The zero-order valence-corrected chi connectivity index (χ0v) is 16.8. The zero-order chi connectivity index (χ0) is 20.0. The van der Waals surface area contributed by atoms with Gasteiger partial charge in [0.05, 0.1) is 23.7 Å². The fourth-order valence-electron chi connectivity index (χ4n) is 3.96. The molecule has 4 heterocycles. The number of aryl methyl sites for hydroxylation is 2. The van der Waals surface area contributed by atoms with E-state index in [0.29, 0.717) is 29.9 Å². The molecule has 152 valence electrons. The summed E-state index contributed by atoms with van der Waals surface area (Å²) in [7, 11) is 0. The van der Waals surface area contributed by atoms with Crippen LogP contribution < -0.4 is 9.64 Å². The second kappa shape index (κ2) is 7.24. The Balaban J connectivity index is 1.19. The van der Waals surface area contributed by atoms with Gasteiger partial charge in [0, 0.05) is 25.1 Å². The molecule has 0 unspecified atom stereocenters. The second-order valence-electron chi connectivity index (χ2n) is 8.14. The molecule has 1 saturated heterocycles. The molecule has 3 aromatic heterocycles. The Labute approximate surface area is 168 Å². The van der Waals surface area contributed by atoms with Crippen molar-refractivity contribution in [2.75, 3.05) is 24.6 Å². The molecular weight excluding hydrogens is 371 g/mol. The smallest absolute Gasteiger partial charge is 0.231 e. The highest BCUT2D eigenvalue weighted by molar-refractivity contribution is 5.43. The van der Waals surface area contributed by atoms with Crippen molar-refractivity contribution in [2.24, 2.45) is 5.92 Å². The third kappa shape index (κ3) is 3.52. The van der Waals surface area contributed by atoms with E-state index < -0.39 is 0 Å². The average Bonchev–Trinajstić information content (AvgIpc) is 3.54. The van der Waals surface area contributed by atoms with E-state index in [1.54, 1.807) is 0 Å². The van der Waals surface area contributed by atoms with E-state index in [1.807, 2.05) is 35.4 Å². The maximum atomic E-state index is 14.8. The second-order valence-corrected chi connectivity index (χ2v) is 8.14. The third-order valence-corrected chi connectivity index (χ3v) is 6.06. The highest BCUT2D eigenvalue weighted by atomic mass is 19.1. The lowest BCUT2D eigenvalue weighted by Gasteiger charge is -2.32. The SMILES string of the molecule is Cc1nc2ccc(OCC3CCN(c4ncnc(C5CC5)c4F)CC3)nn2c1C. The van der Waals surface area contributed by atoms with E-state index in [9.17, 15) is 4.39 Å². The molecule has 0 spiro atoms. The molecule has 5 rings (SSSR count). The Hall–Kier alpha value is -2.77. The summed E-state index contributed by atoms with van der Waals surface area (Å²) in [5.41, 5.74) is 3.42. The van der Waals surface area contributed by atoms with E-state index >= 15 is 0 Å². The topological polar surface area (TPSA) is 68.4 Å². The van der Waals surface area contributed by atoms with Crippen molar-refractivity contribution in [3.05, 3.63) is 41.4 Å². The number of fused-ring (bicyclic) bond motifs is 1. The van der Waals surface area contributed by atoms with Gasteiger partial charge in [0.15, 0.2) is 17.3 Å². The average molecular weight is 396 g/mol. The van der Waals surface area contributed by atoms with Crippen molar-refractivity contribution in [1.29, 1.82) is 0 Å². The van der Waals surface area contributed by atoms with Crippen molar-refractivity contribution < 1.29 is 9.13 Å². The Morgan fingerprint density at radius 2 is 1.90 bits per heavy atom. The predicted octanol–water partition coefficient (Wildman–Crippen LogP) is 3.45. The monoisotopic (exact) mass is 396 g/mol. The van der Waals surface area contributed by atoms with E-state index in [4.69, 9.17) is 4.74 Å². The van der Waals surface area contributed by atoms with Crippen molar-refractivity contribution in [2.45, 2.75) is 45.4 Å². The van der Waals surface area contributed by atoms with Crippen LogP contribution in [-0.4, -0.2) is 44.3 Å². The molecule has 0 bridgehead atoms. The molecule has 1 aliphatic heterocycles. The van der Waals surface area contributed by atoms with Gasteiger partial charge in [-0.3, -0.25) is 0 Å². The first-order chi connectivity index (χ1) is 14.1. The molecule has 0 atom stereocenters. The van der Waals surface area contributed by atoms with Gasteiger partial charge in [-0.25, -0.2) is 23.9 Å². The molecular formula is C21H25FN6O. The van der Waals surface area contributed by atoms with E-state index in [-0.39, 0.29) is 11.7 Å². The predicted molar refractivity (Wildman–Crippen MR) is 107 cm³/mol. The number of ether oxygens (including phenoxy) is 1. The Morgan fingerprint density at radius 1 is 1.10 bits per heavy atom. The van der Waals surface area contributed by atoms with Gasteiger partial charge in [0.1, 0.15) is 6.33 Å². The lowest BCUT2D eigenvalue weighted by atomic mass is 9.98. The fourth-order valence-corrected chi connectivity index (χ4v) is 3.96. The van der Waals surface area contributed by atoms with Crippen LogP contribution in [0, 0.1) is 25.6 Å². The van der Waals surface area contributed by atoms with E-state index in [0.717, 1.165) is 55.8 Å². The molecule has 29 heavy (non-hydrogen) atoms. The van der Waals surface area contributed by atoms with Crippen LogP contribution in [0.1, 0.15) is 48.7 Å². The van der Waals surface area contributed by atoms with Crippen LogP contribution in [0.2, 0.25) is 0 Å². The summed E-state index contributed by atoms with van der Waals surface area (Å²) in [5.74, 6) is 1.54. The lowest BCUT2D eigenvalue weighted by Crippen LogP contribution is -2.36. The molecule has 3 aromatic rings. The van der Waals surface area contributed by atoms with Crippen LogP contribution in [0.4, 0.5) is 10.2 Å². The van der Waals surface area contributed by atoms with Crippen LogP contribution in [0.15, 0.2) is 18.5 Å². The van der Waals surface area contributed by atoms with Crippen molar-refractivity contribution in [1.82, 2.24) is 24.6 Å². The molecule has 1 aliphatic carbocycles. The number of aromatic nitrogens is 5. The summed E-state index contributed by atoms with van der Waals surface area (Å²) in [6, 6.07) is 3.80. The fraction of sp³-hybridized carbons (Fsp3) is 0.524. The molecule has 2 aliphatic rings.